The van der Waals surface area contributed by atoms with Crippen molar-refractivity contribution in [3.8, 4) is 0 Å². The Morgan fingerprint density at radius 3 is 2.89 bits per heavy atom. The predicted octanol–water partition coefficient (Wildman–Crippen LogP) is 0.298. The summed E-state index contributed by atoms with van der Waals surface area (Å²) >= 11 is 0. The second-order valence-corrected chi connectivity index (χ2v) is 5.15. The molecule has 0 aliphatic carbocycles. The quantitative estimate of drug-likeness (QED) is 0.671. The van der Waals surface area contributed by atoms with Gasteiger partial charge in [-0.3, -0.25) is 4.79 Å². The van der Waals surface area contributed by atoms with Gasteiger partial charge in [0.25, 0.3) is 0 Å². The smallest absolute Gasteiger partial charge is 0.246 e. The van der Waals surface area contributed by atoms with Gasteiger partial charge in [0, 0.05) is 25.9 Å². The van der Waals surface area contributed by atoms with Crippen molar-refractivity contribution in [2.24, 2.45) is 5.92 Å². The second-order valence-electron chi connectivity index (χ2n) is 5.15. The molecule has 2 heterocycles. The van der Waals surface area contributed by atoms with Gasteiger partial charge in [0.2, 0.25) is 5.91 Å². The zero-order chi connectivity index (χ0) is 12.6. The van der Waals surface area contributed by atoms with E-state index in [0.29, 0.717) is 6.61 Å². The minimum Gasteiger partial charge on any atom is -0.381 e. The van der Waals surface area contributed by atoms with Gasteiger partial charge in [0.1, 0.15) is 6.61 Å². The van der Waals surface area contributed by atoms with Gasteiger partial charge < -0.3 is 20.1 Å². The fourth-order valence-corrected chi connectivity index (χ4v) is 2.49. The Bertz CT molecular complexity index is 249. The molecule has 0 aromatic rings. The van der Waals surface area contributed by atoms with Crippen molar-refractivity contribution in [2.45, 2.75) is 31.7 Å². The highest BCUT2D eigenvalue weighted by atomic mass is 16.5. The van der Waals surface area contributed by atoms with Crippen LogP contribution in [0.5, 0.6) is 0 Å². The highest BCUT2D eigenvalue weighted by Gasteiger charge is 2.16. The molecule has 18 heavy (non-hydrogen) atoms. The summed E-state index contributed by atoms with van der Waals surface area (Å²) in [7, 11) is 0. The van der Waals surface area contributed by atoms with Gasteiger partial charge in [-0.05, 0) is 44.7 Å². The van der Waals surface area contributed by atoms with Crippen molar-refractivity contribution in [3.05, 3.63) is 0 Å². The van der Waals surface area contributed by atoms with E-state index in [1.54, 1.807) is 0 Å². The molecular formula is C13H24N2O3. The number of carbonyl (C=O) groups excluding carboxylic acids is 1. The molecule has 5 heteroatoms. The summed E-state index contributed by atoms with van der Waals surface area (Å²) in [5.74, 6) is 0.731. The van der Waals surface area contributed by atoms with Crippen LogP contribution in [-0.4, -0.2) is 51.5 Å². The lowest BCUT2D eigenvalue weighted by Gasteiger charge is -2.23. The van der Waals surface area contributed by atoms with Gasteiger partial charge in [-0.25, -0.2) is 0 Å². The minimum atomic E-state index is 0.00597. The van der Waals surface area contributed by atoms with Crippen molar-refractivity contribution in [1.82, 2.24) is 10.6 Å². The number of rotatable bonds is 6. The van der Waals surface area contributed by atoms with E-state index in [4.69, 9.17) is 9.47 Å². The standard InChI is InChI=1S/C13H24N2O3/c16-13(15-12-3-7-17-8-4-12)10-18-6-2-11-1-5-14-9-11/h11-12,14H,1-10H2,(H,15,16). The molecule has 1 unspecified atom stereocenters. The first-order chi connectivity index (χ1) is 8.84. The molecule has 0 saturated carbocycles. The first kappa shape index (κ1) is 13.8. The number of nitrogens with one attached hydrogen (secondary N) is 2. The molecular weight excluding hydrogens is 232 g/mol. The summed E-state index contributed by atoms with van der Waals surface area (Å²) in [6, 6.07) is 0.272. The van der Waals surface area contributed by atoms with Crippen LogP contribution in [0.15, 0.2) is 0 Å². The van der Waals surface area contributed by atoms with E-state index in [1.807, 2.05) is 0 Å². The van der Waals surface area contributed by atoms with Crippen molar-refractivity contribution < 1.29 is 14.3 Å². The van der Waals surface area contributed by atoms with Crippen LogP contribution in [-0.2, 0) is 14.3 Å². The van der Waals surface area contributed by atoms with E-state index in [1.165, 1.54) is 6.42 Å². The molecule has 0 radical (unpaired) electrons. The highest BCUT2D eigenvalue weighted by Crippen LogP contribution is 2.11. The van der Waals surface area contributed by atoms with Crippen LogP contribution < -0.4 is 10.6 Å². The van der Waals surface area contributed by atoms with Crippen LogP contribution in [0.3, 0.4) is 0 Å². The first-order valence-electron chi connectivity index (χ1n) is 7.00. The van der Waals surface area contributed by atoms with E-state index in [9.17, 15) is 4.79 Å². The third kappa shape index (κ3) is 4.92. The summed E-state index contributed by atoms with van der Waals surface area (Å²) < 4.78 is 10.7. The van der Waals surface area contributed by atoms with Crippen LogP contribution in [0.1, 0.15) is 25.7 Å². The molecule has 2 aliphatic rings. The average molecular weight is 256 g/mol. The molecule has 0 spiro atoms. The molecule has 1 amide bonds. The zero-order valence-corrected chi connectivity index (χ0v) is 11.0. The summed E-state index contributed by atoms with van der Waals surface area (Å²) in [4.78, 5) is 11.6. The average Bonchev–Trinajstić information content (AvgIpc) is 2.89. The van der Waals surface area contributed by atoms with Crippen LogP contribution >= 0.6 is 0 Å². The van der Waals surface area contributed by atoms with Gasteiger partial charge in [-0.2, -0.15) is 0 Å². The number of carbonyl (C=O) groups is 1. The van der Waals surface area contributed by atoms with Gasteiger partial charge in [-0.15, -0.1) is 0 Å². The van der Waals surface area contributed by atoms with E-state index < -0.39 is 0 Å². The van der Waals surface area contributed by atoms with Crippen LogP contribution in [0, 0.1) is 5.92 Å². The SMILES string of the molecule is O=C(COCCC1CCNC1)NC1CCOCC1. The van der Waals surface area contributed by atoms with Crippen molar-refractivity contribution in [2.75, 3.05) is 39.5 Å². The van der Waals surface area contributed by atoms with Gasteiger partial charge in [0.05, 0.1) is 0 Å². The third-order valence-electron chi connectivity index (χ3n) is 3.65. The maximum absolute atomic E-state index is 11.6. The Kier molecular flexibility index (Phi) is 5.90. The lowest BCUT2D eigenvalue weighted by molar-refractivity contribution is -0.127. The monoisotopic (exact) mass is 256 g/mol. The fraction of sp³-hybridized carbons (Fsp3) is 0.923. The van der Waals surface area contributed by atoms with E-state index in [0.717, 1.165) is 51.5 Å². The number of hydrogen-bond acceptors (Lipinski definition) is 4. The van der Waals surface area contributed by atoms with Gasteiger partial charge >= 0.3 is 0 Å². The van der Waals surface area contributed by atoms with E-state index >= 15 is 0 Å². The zero-order valence-electron chi connectivity index (χ0n) is 11.0. The van der Waals surface area contributed by atoms with Crippen molar-refractivity contribution in [1.29, 1.82) is 0 Å². The minimum absolute atomic E-state index is 0.00597. The molecule has 2 saturated heterocycles. The maximum Gasteiger partial charge on any atom is 0.246 e. The predicted molar refractivity (Wildman–Crippen MR) is 68.4 cm³/mol. The summed E-state index contributed by atoms with van der Waals surface area (Å²) in [6.45, 7) is 4.60. The van der Waals surface area contributed by atoms with Crippen molar-refractivity contribution >= 4 is 5.91 Å². The normalized spacial score (nSPS) is 25.2. The molecule has 0 aromatic heterocycles. The molecule has 2 rings (SSSR count). The largest absolute Gasteiger partial charge is 0.381 e. The Morgan fingerprint density at radius 1 is 1.33 bits per heavy atom. The fourth-order valence-electron chi connectivity index (χ4n) is 2.49. The number of hydrogen-bond donors (Lipinski definition) is 2. The maximum atomic E-state index is 11.6. The molecule has 0 aromatic carbocycles. The lowest BCUT2D eigenvalue weighted by Crippen LogP contribution is -2.40. The number of ether oxygens (including phenoxy) is 2. The van der Waals surface area contributed by atoms with E-state index in [-0.39, 0.29) is 18.6 Å². The molecule has 2 fully saturated rings. The topological polar surface area (TPSA) is 59.6 Å². The van der Waals surface area contributed by atoms with Gasteiger partial charge in [0.15, 0.2) is 0 Å². The Balaban J connectivity index is 1.48. The second kappa shape index (κ2) is 7.71. The Hall–Kier alpha value is -0.650. The van der Waals surface area contributed by atoms with Crippen LogP contribution in [0.25, 0.3) is 0 Å². The summed E-state index contributed by atoms with van der Waals surface area (Å²) in [5.41, 5.74) is 0. The Labute approximate surface area is 109 Å². The summed E-state index contributed by atoms with van der Waals surface area (Å²) in [5, 5.41) is 6.32. The molecule has 2 aliphatic heterocycles. The third-order valence-corrected chi connectivity index (χ3v) is 3.65. The van der Waals surface area contributed by atoms with Crippen LogP contribution in [0.2, 0.25) is 0 Å². The molecule has 104 valence electrons. The molecule has 0 bridgehead atoms. The van der Waals surface area contributed by atoms with Crippen molar-refractivity contribution in [3.63, 3.8) is 0 Å². The van der Waals surface area contributed by atoms with Crippen LogP contribution in [0.4, 0.5) is 0 Å². The number of amides is 1. The van der Waals surface area contributed by atoms with E-state index in [2.05, 4.69) is 10.6 Å². The molecule has 1 atom stereocenters. The molecule has 5 nitrogen and oxygen atoms in total. The molecule has 2 N–H and O–H groups in total. The lowest BCUT2D eigenvalue weighted by atomic mass is 10.1. The highest BCUT2D eigenvalue weighted by molar-refractivity contribution is 5.77. The Morgan fingerprint density at radius 2 is 2.17 bits per heavy atom. The summed E-state index contributed by atoms with van der Waals surface area (Å²) in [6.07, 6.45) is 4.12. The first-order valence-corrected chi connectivity index (χ1v) is 7.00. The van der Waals surface area contributed by atoms with Gasteiger partial charge in [-0.1, -0.05) is 0 Å².